The van der Waals surface area contributed by atoms with Gasteiger partial charge < -0.3 is 0 Å². The van der Waals surface area contributed by atoms with Gasteiger partial charge in [0.15, 0.2) is 5.66 Å². The van der Waals surface area contributed by atoms with E-state index in [2.05, 4.69) is 9.98 Å². The van der Waals surface area contributed by atoms with E-state index in [0.717, 1.165) is 12.8 Å². The third-order valence-electron chi connectivity index (χ3n) is 2.54. The molecule has 0 N–H and O–H groups in total. The number of aliphatic imine (C=N–C) groups is 2. The van der Waals surface area contributed by atoms with Crippen LogP contribution in [0.2, 0.25) is 0 Å². The molecule has 4 heteroatoms. The molecule has 0 bridgehead atoms. The van der Waals surface area contributed by atoms with Crippen LogP contribution < -0.4 is 0 Å². The van der Waals surface area contributed by atoms with Crippen molar-refractivity contribution in [2.45, 2.75) is 52.6 Å². The van der Waals surface area contributed by atoms with E-state index in [1.54, 1.807) is 0 Å². The Morgan fingerprint density at radius 2 is 1.53 bits per heavy atom. The average molecular weight is 210 g/mol. The van der Waals surface area contributed by atoms with Gasteiger partial charge in [0.05, 0.1) is 0 Å². The van der Waals surface area contributed by atoms with Crippen LogP contribution in [0, 0.1) is 5.41 Å². The van der Waals surface area contributed by atoms with Crippen molar-refractivity contribution in [2.24, 2.45) is 15.4 Å². The van der Waals surface area contributed by atoms with Crippen LogP contribution in [0.15, 0.2) is 9.98 Å². The predicted octanol–water partition coefficient (Wildman–Crippen LogP) is 2.59. The van der Waals surface area contributed by atoms with Crippen molar-refractivity contribution in [1.29, 1.82) is 0 Å². The summed E-state index contributed by atoms with van der Waals surface area (Å²) in [6.45, 7) is 7.71. The second-order valence-electron chi connectivity index (χ2n) is 4.58. The van der Waals surface area contributed by atoms with Crippen molar-refractivity contribution >= 4 is 12.2 Å². The van der Waals surface area contributed by atoms with Crippen LogP contribution in [-0.4, -0.2) is 17.8 Å². The van der Waals surface area contributed by atoms with E-state index in [1.807, 2.05) is 27.7 Å². The molecule has 15 heavy (non-hydrogen) atoms. The predicted molar refractivity (Wildman–Crippen MR) is 58.0 cm³/mol. The van der Waals surface area contributed by atoms with Gasteiger partial charge in [0.2, 0.25) is 12.2 Å². The molecule has 0 aliphatic heterocycles. The fourth-order valence-electron chi connectivity index (χ4n) is 1.42. The molecule has 0 fully saturated rings. The van der Waals surface area contributed by atoms with Gasteiger partial charge >= 0.3 is 0 Å². The van der Waals surface area contributed by atoms with E-state index in [1.165, 1.54) is 12.2 Å². The summed E-state index contributed by atoms with van der Waals surface area (Å²) >= 11 is 0. The van der Waals surface area contributed by atoms with E-state index in [4.69, 9.17) is 0 Å². The zero-order valence-electron chi connectivity index (χ0n) is 9.83. The van der Waals surface area contributed by atoms with Crippen molar-refractivity contribution in [2.75, 3.05) is 0 Å². The lowest BCUT2D eigenvalue weighted by Gasteiger charge is -2.35. The zero-order valence-corrected chi connectivity index (χ0v) is 9.83. The van der Waals surface area contributed by atoms with Gasteiger partial charge in [-0.25, -0.2) is 9.59 Å². The van der Waals surface area contributed by atoms with Gasteiger partial charge in [-0.05, 0) is 12.8 Å². The summed E-state index contributed by atoms with van der Waals surface area (Å²) in [6.07, 6.45) is 5.40. The van der Waals surface area contributed by atoms with E-state index in [-0.39, 0.29) is 0 Å². The molecule has 0 spiro atoms. The molecule has 0 aromatic heterocycles. The number of unbranched alkanes of at least 4 members (excludes halogenated alkanes) is 1. The highest BCUT2D eigenvalue weighted by Crippen LogP contribution is 2.38. The van der Waals surface area contributed by atoms with Gasteiger partial charge in [0, 0.05) is 5.41 Å². The van der Waals surface area contributed by atoms with Gasteiger partial charge in [0.25, 0.3) is 0 Å². The van der Waals surface area contributed by atoms with Crippen LogP contribution in [0.25, 0.3) is 0 Å². The highest BCUT2D eigenvalue weighted by molar-refractivity contribution is 5.39. The first-order valence-electron chi connectivity index (χ1n) is 5.11. The Labute approximate surface area is 90.5 Å². The fourth-order valence-corrected chi connectivity index (χ4v) is 1.42. The summed E-state index contributed by atoms with van der Waals surface area (Å²) in [6, 6.07) is 0. The van der Waals surface area contributed by atoms with Crippen molar-refractivity contribution < 1.29 is 9.59 Å². The maximum Gasteiger partial charge on any atom is 0.237 e. The molecule has 0 atom stereocenters. The Morgan fingerprint density at radius 1 is 1.07 bits per heavy atom. The molecule has 0 amide bonds. The maximum atomic E-state index is 10.4. The second kappa shape index (κ2) is 5.59. The molecule has 0 unspecified atom stereocenters. The van der Waals surface area contributed by atoms with Crippen LogP contribution in [0.1, 0.15) is 47.0 Å². The summed E-state index contributed by atoms with van der Waals surface area (Å²) < 4.78 is 0. The van der Waals surface area contributed by atoms with Gasteiger partial charge in [-0.1, -0.05) is 34.1 Å². The lowest BCUT2D eigenvalue weighted by molar-refractivity contribution is 0.181. The van der Waals surface area contributed by atoms with Gasteiger partial charge in [-0.15, -0.1) is 0 Å². The molecular formula is C11H18N2O2. The van der Waals surface area contributed by atoms with Gasteiger partial charge in [-0.3, -0.25) is 0 Å². The monoisotopic (exact) mass is 210 g/mol. The molecule has 0 aromatic carbocycles. The molecule has 0 saturated carbocycles. The van der Waals surface area contributed by atoms with Crippen molar-refractivity contribution in [3.8, 4) is 0 Å². The lowest BCUT2D eigenvalue weighted by Crippen LogP contribution is -2.39. The molecular weight excluding hydrogens is 192 g/mol. The molecule has 0 aliphatic rings. The largest absolute Gasteiger partial charge is 0.237 e. The van der Waals surface area contributed by atoms with Crippen molar-refractivity contribution in [1.82, 2.24) is 0 Å². The highest BCUT2D eigenvalue weighted by Gasteiger charge is 2.41. The molecule has 0 aliphatic carbocycles. The molecule has 4 nitrogen and oxygen atoms in total. The smallest absolute Gasteiger partial charge is 0.211 e. The summed E-state index contributed by atoms with van der Waals surface area (Å²) in [5.41, 5.74) is -1.40. The van der Waals surface area contributed by atoms with Gasteiger partial charge in [0.1, 0.15) is 0 Å². The Kier molecular flexibility index (Phi) is 5.13. The lowest BCUT2D eigenvalue weighted by atomic mass is 9.78. The van der Waals surface area contributed by atoms with Crippen molar-refractivity contribution in [3.05, 3.63) is 0 Å². The van der Waals surface area contributed by atoms with E-state index in [0.29, 0.717) is 6.42 Å². The average Bonchev–Trinajstić information content (AvgIpc) is 2.13. The van der Waals surface area contributed by atoms with E-state index in [9.17, 15) is 9.59 Å². The summed E-state index contributed by atoms with van der Waals surface area (Å²) in [7, 11) is 0. The third kappa shape index (κ3) is 3.43. The highest BCUT2D eigenvalue weighted by atomic mass is 16.1. The van der Waals surface area contributed by atoms with E-state index >= 15 is 0 Å². The standard InChI is InChI=1S/C11H18N2O2/c1-5-6-7-11(12-8-14,13-9-15)10(2,3)4/h5-7H2,1-4H3. The first-order valence-corrected chi connectivity index (χ1v) is 5.11. The molecule has 0 saturated heterocycles. The maximum absolute atomic E-state index is 10.4. The Bertz CT molecular complexity index is 274. The SMILES string of the molecule is CCCCC(N=C=O)(N=C=O)C(C)(C)C. The summed E-state index contributed by atoms with van der Waals surface area (Å²) in [4.78, 5) is 28.3. The van der Waals surface area contributed by atoms with Crippen LogP contribution in [0.4, 0.5) is 0 Å². The van der Waals surface area contributed by atoms with Crippen LogP contribution >= 0.6 is 0 Å². The third-order valence-corrected chi connectivity index (χ3v) is 2.54. The van der Waals surface area contributed by atoms with Crippen molar-refractivity contribution in [3.63, 3.8) is 0 Å². The molecule has 0 aromatic rings. The number of rotatable bonds is 5. The number of isocyanates is 2. The van der Waals surface area contributed by atoms with Gasteiger partial charge in [-0.2, -0.15) is 9.98 Å². The minimum atomic E-state index is -1.01. The normalized spacial score (nSPS) is 14.7. The summed E-state index contributed by atoms with van der Waals surface area (Å²) in [5.74, 6) is 0. The van der Waals surface area contributed by atoms with Crippen LogP contribution in [0.5, 0.6) is 0 Å². The van der Waals surface area contributed by atoms with E-state index < -0.39 is 11.1 Å². The Hall–Kier alpha value is -1.24. The Balaban J connectivity index is 5.26. The zero-order chi connectivity index (χ0) is 11.9. The quantitative estimate of drug-likeness (QED) is 0.517. The molecule has 0 rings (SSSR count). The minimum absolute atomic E-state index is 0.392. The second-order valence-corrected chi connectivity index (χ2v) is 4.58. The first kappa shape index (κ1) is 13.8. The summed E-state index contributed by atoms with van der Waals surface area (Å²) in [5, 5.41) is 0. The molecule has 0 radical (unpaired) electrons. The topological polar surface area (TPSA) is 58.9 Å². The molecule has 0 heterocycles. The fraction of sp³-hybridized carbons (Fsp3) is 0.818. The number of hydrogen-bond acceptors (Lipinski definition) is 4. The minimum Gasteiger partial charge on any atom is -0.211 e. The molecule has 84 valence electrons. The number of hydrogen-bond donors (Lipinski definition) is 0. The first-order chi connectivity index (χ1) is 6.93. The number of carbonyl (C=O) groups excluding carboxylic acids is 2. The van der Waals surface area contributed by atoms with Crippen LogP contribution in [0.3, 0.4) is 0 Å². The van der Waals surface area contributed by atoms with Crippen LogP contribution in [-0.2, 0) is 9.59 Å². The number of nitrogens with zero attached hydrogens (tertiary/aromatic N) is 2. The Morgan fingerprint density at radius 3 is 1.80 bits per heavy atom.